The lowest BCUT2D eigenvalue weighted by Gasteiger charge is -2.28. The summed E-state index contributed by atoms with van der Waals surface area (Å²) in [5.74, 6) is 2.47. The lowest BCUT2D eigenvalue weighted by Crippen LogP contribution is -2.45. The summed E-state index contributed by atoms with van der Waals surface area (Å²) in [4.78, 5) is 6.63. The van der Waals surface area contributed by atoms with Crippen molar-refractivity contribution in [3.05, 3.63) is 23.8 Å². The number of guanidine groups is 1. The van der Waals surface area contributed by atoms with Crippen LogP contribution in [0.1, 0.15) is 25.8 Å². The van der Waals surface area contributed by atoms with Crippen LogP contribution < -0.4 is 20.1 Å². The average molecular weight is 393 g/mol. The second-order valence-electron chi connectivity index (χ2n) is 7.74. The number of benzene rings is 1. The van der Waals surface area contributed by atoms with Crippen molar-refractivity contribution < 1.29 is 14.2 Å². The van der Waals surface area contributed by atoms with Crippen LogP contribution >= 0.6 is 0 Å². The second-order valence-corrected chi connectivity index (χ2v) is 7.74. The number of likely N-dealkylation sites (N-methyl/N-ethyl adjacent to an activating group) is 1. The number of methoxy groups -OCH3 is 1. The van der Waals surface area contributed by atoms with Crippen LogP contribution in [-0.2, 0) is 10.2 Å². The molecule has 1 aromatic carbocycles. The first-order chi connectivity index (χ1) is 13.5. The number of nitrogens with zero attached hydrogens (tertiary/aromatic N) is 2. The Bertz CT molecular complexity index is 634. The molecule has 0 unspecified atom stereocenters. The van der Waals surface area contributed by atoms with Crippen LogP contribution in [0.25, 0.3) is 0 Å². The largest absolute Gasteiger partial charge is 0.486 e. The predicted molar refractivity (Wildman–Crippen MR) is 114 cm³/mol. The highest BCUT2D eigenvalue weighted by Gasteiger charge is 2.23. The van der Waals surface area contributed by atoms with E-state index in [1.54, 1.807) is 14.2 Å². The Kier molecular flexibility index (Phi) is 8.86. The molecule has 7 nitrogen and oxygen atoms in total. The maximum Gasteiger partial charge on any atom is 0.191 e. The maximum absolute atomic E-state index is 5.72. The third kappa shape index (κ3) is 6.87. The fourth-order valence-corrected chi connectivity index (χ4v) is 3.05. The van der Waals surface area contributed by atoms with Crippen LogP contribution in [0, 0.1) is 0 Å². The molecule has 7 heteroatoms. The molecule has 0 aromatic heterocycles. The minimum Gasteiger partial charge on any atom is -0.486 e. The van der Waals surface area contributed by atoms with E-state index >= 15 is 0 Å². The van der Waals surface area contributed by atoms with E-state index < -0.39 is 0 Å². The van der Waals surface area contributed by atoms with Gasteiger partial charge in [0.25, 0.3) is 0 Å². The third-order valence-electron chi connectivity index (χ3n) is 4.92. The normalized spacial score (nSPS) is 14.3. The molecular weight excluding hydrogens is 356 g/mol. The minimum absolute atomic E-state index is 0.0790. The van der Waals surface area contributed by atoms with Crippen molar-refractivity contribution in [1.29, 1.82) is 0 Å². The first kappa shape index (κ1) is 22.3. The van der Waals surface area contributed by atoms with Gasteiger partial charge in [-0.2, -0.15) is 0 Å². The van der Waals surface area contributed by atoms with E-state index in [4.69, 9.17) is 14.2 Å². The van der Waals surface area contributed by atoms with Crippen molar-refractivity contribution in [2.24, 2.45) is 4.99 Å². The van der Waals surface area contributed by atoms with E-state index in [1.807, 2.05) is 6.07 Å². The first-order valence-corrected chi connectivity index (χ1v) is 9.98. The zero-order chi connectivity index (χ0) is 20.4. The van der Waals surface area contributed by atoms with Gasteiger partial charge in [-0.15, -0.1) is 0 Å². The Balaban J connectivity index is 1.80. The number of hydrogen-bond acceptors (Lipinski definition) is 5. The van der Waals surface area contributed by atoms with Gasteiger partial charge in [0, 0.05) is 52.4 Å². The van der Waals surface area contributed by atoms with Crippen LogP contribution in [0.4, 0.5) is 0 Å². The average Bonchev–Trinajstić information content (AvgIpc) is 2.70. The number of hydrogen-bond donors (Lipinski definition) is 2. The molecule has 2 rings (SSSR count). The molecule has 28 heavy (non-hydrogen) atoms. The summed E-state index contributed by atoms with van der Waals surface area (Å²) in [6.07, 6.45) is 1.05. The molecule has 158 valence electrons. The maximum atomic E-state index is 5.72. The summed E-state index contributed by atoms with van der Waals surface area (Å²) < 4.78 is 16.4. The third-order valence-corrected chi connectivity index (χ3v) is 4.92. The van der Waals surface area contributed by atoms with Crippen molar-refractivity contribution in [3.8, 4) is 11.5 Å². The van der Waals surface area contributed by atoms with Gasteiger partial charge in [0.15, 0.2) is 17.5 Å². The summed E-state index contributed by atoms with van der Waals surface area (Å²) in [5, 5.41) is 6.83. The number of fused-ring (bicyclic) bond motifs is 1. The Morgan fingerprint density at radius 2 is 1.93 bits per heavy atom. The topological polar surface area (TPSA) is 67.4 Å². The van der Waals surface area contributed by atoms with Crippen molar-refractivity contribution in [2.75, 3.05) is 67.2 Å². The molecule has 0 saturated carbocycles. The molecule has 1 heterocycles. The predicted octanol–water partition coefficient (Wildman–Crippen LogP) is 1.87. The van der Waals surface area contributed by atoms with Gasteiger partial charge in [-0.25, -0.2) is 0 Å². The zero-order valence-corrected chi connectivity index (χ0v) is 18.0. The smallest absolute Gasteiger partial charge is 0.191 e. The fraction of sp³-hybridized carbons (Fsp3) is 0.667. The summed E-state index contributed by atoms with van der Waals surface area (Å²) in [5.41, 5.74) is 1.13. The quantitative estimate of drug-likeness (QED) is 0.360. The van der Waals surface area contributed by atoms with Crippen LogP contribution in [0.15, 0.2) is 23.2 Å². The molecule has 0 bridgehead atoms. The molecule has 0 amide bonds. The summed E-state index contributed by atoms with van der Waals surface area (Å²) in [6.45, 7) is 10.0. The summed E-state index contributed by atoms with van der Waals surface area (Å²) in [7, 11) is 5.66. The number of rotatable bonds is 10. The van der Waals surface area contributed by atoms with Gasteiger partial charge in [-0.3, -0.25) is 4.99 Å². The summed E-state index contributed by atoms with van der Waals surface area (Å²) >= 11 is 0. The molecule has 0 fully saturated rings. The van der Waals surface area contributed by atoms with E-state index in [-0.39, 0.29) is 5.41 Å². The molecule has 0 atom stereocenters. The van der Waals surface area contributed by atoms with Gasteiger partial charge in [0.2, 0.25) is 0 Å². The van der Waals surface area contributed by atoms with E-state index in [0.717, 1.165) is 56.7 Å². The summed E-state index contributed by atoms with van der Waals surface area (Å²) in [6, 6.07) is 6.19. The molecule has 1 aliphatic rings. The van der Waals surface area contributed by atoms with Crippen molar-refractivity contribution in [2.45, 2.75) is 25.7 Å². The molecule has 1 aromatic rings. The molecule has 0 spiro atoms. The Morgan fingerprint density at radius 1 is 1.18 bits per heavy atom. The van der Waals surface area contributed by atoms with Crippen LogP contribution in [0.5, 0.6) is 11.5 Å². The number of aliphatic imine (C=N–C) groups is 1. The fourth-order valence-electron chi connectivity index (χ4n) is 3.05. The van der Waals surface area contributed by atoms with Crippen LogP contribution in [-0.4, -0.2) is 78.1 Å². The van der Waals surface area contributed by atoms with Crippen LogP contribution in [0.2, 0.25) is 0 Å². The van der Waals surface area contributed by atoms with E-state index in [0.29, 0.717) is 13.2 Å². The molecule has 0 radical (unpaired) electrons. The van der Waals surface area contributed by atoms with Gasteiger partial charge >= 0.3 is 0 Å². The van der Waals surface area contributed by atoms with E-state index in [2.05, 4.69) is 53.6 Å². The molecule has 0 aliphatic carbocycles. The molecule has 2 N–H and O–H groups in total. The lowest BCUT2D eigenvalue weighted by atomic mass is 9.84. The van der Waals surface area contributed by atoms with Gasteiger partial charge in [0.05, 0.1) is 0 Å². The Morgan fingerprint density at radius 3 is 2.64 bits per heavy atom. The van der Waals surface area contributed by atoms with Gasteiger partial charge in [0.1, 0.15) is 13.2 Å². The van der Waals surface area contributed by atoms with E-state index in [9.17, 15) is 0 Å². The Labute approximate surface area is 169 Å². The highest BCUT2D eigenvalue weighted by atomic mass is 16.6. The van der Waals surface area contributed by atoms with Crippen LogP contribution in [0.3, 0.4) is 0 Å². The van der Waals surface area contributed by atoms with Gasteiger partial charge in [-0.05, 0) is 31.2 Å². The lowest BCUT2D eigenvalue weighted by molar-refractivity contribution is 0.171. The monoisotopic (exact) mass is 392 g/mol. The first-order valence-electron chi connectivity index (χ1n) is 9.98. The zero-order valence-electron chi connectivity index (χ0n) is 18.0. The SMILES string of the molecule is CN=C(NCCN(C)CCCOC)NCC(C)(C)c1ccc2c(c1)OCCO2. The molecule has 0 saturated heterocycles. The standard InChI is InChI=1S/C21H36N4O3/c1-21(2,17-7-8-18-19(15-17)28-14-13-27-18)16-24-20(22-3)23-9-11-25(4)10-6-12-26-5/h7-8,15H,6,9-14,16H2,1-5H3,(H2,22,23,24). The Hall–Kier alpha value is -1.99. The second kappa shape index (κ2) is 11.1. The van der Waals surface area contributed by atoms with Crippen molar-refractivity contribution in [3.63, 3.8) is 0 Å². The number of ether oxygens (including phenoxy) is 3. The van der Waals surface area contributed by atoms with Gasteiger partial charge in [-0.1, -0.05) is 19.9 Å². The van der Waals surface area contributed by atoms with Gasteiger partial charge < -0.3 is 29.7 Å². The molecular formula is C21H36N4O3. The van der Waals surface area contributed by atoms with E-state index in [1.165, 1.54) is 5.56 Å². The molecule has 1 aliphatic heterocycles. The van der Waals surface area contributed by atoms with Crippen molar-refractivity contribution >= 4 is 5.96 Å². The minimum atomic E-state index is -0.0790. The highest BCUT2D eigenvalue weighted by Crippen LogP contribution is 2.34. The highest BCUT2D eigenvalue weighted by molar-refractivity contribution is 5.79. The number of nitrogens with one attached hydrogen (secondary N) is 2. The van der Waals surface area contributed by atoms with Crippen molar-refractivity contribution in [1.82, 2.24) is 15.5 Å².